The van der Waals surface area contributed by atoms with Crippen LogP contribution in [0.15, 0.2) is 0 Å². The molecule has 0 radical (unpaired) electrons. The van der Waals surface area contributed by atoms with Gasteiger partial charge in [0.25, 0.3) is 0 Å². The molecule has 2 aliphatic rings. The molecule has 1 saturated heterocycles. The minimum atomic E-state index is 0.170. The van der Waals surface area contributed by atoms with Crippen LogP contribution >= 0.6 is 0 Å². The standard InChI is InChI=1S/C18H36N4O/c1-20(2)12-8-13-21(3)17-11-7-14-22(15-17)18(23)19-16-9-5-4-6-10-16/h16-17H,4-15H2,1-3H3,(H,19,23). The van der Waals surface area contributed by atoms with Gasteiger partial charge >= 0.3 is 6.03 Å². The monoisotopic (exact) mass is 324 g/mol. The molecule has 23 heavy (non-hydrogen) atoms. The highest BCUT2D eigenvalue weighted by Gasteiger charge is 2.27. The Morgan fingerprint density at radius 1 is 1.04 bits per heavy atom. The molecular weight excluding hydrogens is 288 g/mol. The van der Waals surface area contributed by atoms with E-state index in [0.717, 1.165) is 45.4 Å². The van der Waals surface area contributed by atoms with Gasteiger partial charge in [0.1, 0.15) is 0 Å². The summed E-state index contributed by atoms with van der Waals surface area (Å²) in [5, 5.41) is 3.27. The van der Waals surface area contributed by atoms with E-state index in [1.165, 1.54) is 32.1 Å². The molecule has 0 aromatic carbocycles. The van der Waals surface area contributed by atoms with E-state index in [1.54, 1.807) is 0 Å². The van der Waals surface area contributed by atoms with Crippen LogP contribution in [0.2, 0.25) is 0 Å². The first-order valence-electron chi connectivity index (χ1n) is 9.46. The molecule has 1 aliphatic carbocycles. The molecule has 1 aliphatic heterocycles. The summed E-state index contributed by atoms with van der Waals surface area (Å²) in [6, 6.07) is 1.10. The van der Waals surface area contributed by atoms with Crippen molar-refractivity contribution >= 4 is 6.03 Å². The zero-order valence-electron chi connectivity index (χ0n) is 15.4. The van der Waals surface area contributed by atoms with Gasteiger partial charge in [-0.05, 0) is 66.3 Å². The molecule has 134 valence electrons. The summed E-state index contributed by atoms with van der Waals surface area (Å²) in [4.78, 5) is 19.3. The Morgan fingerprint density at radius 2 is 1.78 bits per heavy atom. The summed E-state index contributed by atoms with van der Waals surface area (Å²) in [7, 11) is 6.46. The number of nitrogens with one attached hydrogen (secondary N) is 1. The van der Waals surface area contributed by atoms with E-state index in [4.69, 9.17) is 0 Å². The van der Waals surface area contributed by atoms with Crippen molar-refractivity contribution in [2.75, 3.05) is 47.3 Å². The Labute approximate surface area is 142 Å². The lowest BCUT2D eigenvalue weighted by Crippen LogP contribution is -2.53. The molecule has 1 heterocycles. The van der Waals surface area contributed by atoms with Crippen LogP contribution < -0.4 is 5.32 Å². The third-order valence-corrected chi connectivity index (χ3v) is 5.36. The maximum Gasteiger partial charge on any atom is 0.317 e. The lowest BCUT2D eigenvalue weighted by atomic mass is 9.95. The second-order valence-corrected chi connectivity index (χ2v) is 7.66. The van der Waals surface area contributed by atoms with E-state index in [0.29, 0.717) is 12.1 Å². The van der Waals surface area contributed by atoms with Crippen LogP contribution in [-0.2, 0) is 0 Å². The van der Waals surface area contributed by atoms with Gasteiger partial charge in [-0.3, -0.25) is 0 Å². The first-order chi connectivity index (χ1) is 11.1. The first kappa shape index (κ1) is 18.5. The Morgan fingerprint density at radius 3 is 2.48 bits per heavy atom. The maximum atomic E-state index is 12.5. The fraction of sp³-hybridized carbons (Fsp3) is 0.944. The third kappa shape index (κ3) is 6.30. The molecule has 2 fully saturated rings. The number of urea groups is 1. The van der Waals surface area contributed by atoms with Crippen molar-refractivity contribution in [3.05, 3.63) is 0 Å². The number of piperidine rings is 1. The lowest BCUT2D eigenvalue weighted by Gasteiger charge is -2.38. The normalized spacial score (nSPS) is 23.5. The number of hydrogen-bond acceptors (Lipinski definition) is 3. The summed E-state index contributed by atoms with van der Waals surface area (Å²) in [5.41, 5.74) is 0. The maximum absolute atomic E-state index is 12.5. The minimum absolute atomic E-state index is 0.170. The van der Waals surface area contributed by atoms with E-state index in [-0.39, 0.29) is 6.03 Å². The summed E-state index contributed by atoms with van der Waals surface area (Å²) < 4.78 is 0. The zero-order chi connectivity index (χ0) is 16.7. The Bertz CT molecular complexity index is 355. The molecule has 0 bridgehead atoms. The smallest absolute Gasteiger partial charge is 0.317 e. The third-order valence-electron chi connectivity index (χ3n) is 5.36. The second kappa shape index (κ2) is 9.48. The van der Waals surface area contributed by atoms with Crippen LogP contribution in [-0.4, -0.2) is 80.1 Å². The quantitative estimate of drug-likeness (QED) is 0.815. The predicted octanol–water partition coefficient (Wildman–Crippen LogP) is 2.38. The molecule has 1 unspecified atom stereocenters. The summed E-state index contributed by atoms with van der Waals surface area (Å²) >= 11 is 0. The molecule has 0 aromatic rings. The predicted molar refractivity (Wildman–Crippen MR) is 95.8 cm³/mol. The van der Waals surface area contributed by atoms with Crippen LogP contribution in [0.25, 0.3) is 0 Å². The van der Waals surface area contributed by atoms with Crippen molar-refractivity contribution in [1.82, 2.24) is 20.0 Å². The molecule has 1 N–H and O–H groups in total. The van der Waals surface area contributed by atoms with Crippen LogP contribution in [0.1, 0.15) is 51.4 Å². The topological polar surface area (TPSA) is 38.8 Å². The average Bonchev–Trinajstić information content (AvgIpc) is 2.55. The largest absolute Gasteiger partial charge is 0.335 e. The second-order valence-electron chi connectivity index (χ2n) is 7.66. The SMILES string of the molecule is CN(C)CCCN(C)C1CCCN(C(=O)NC2CCCCC2)C1. The van der Waals surface area contributed by atoms with Crippen LogP contribution in [0.4, 0.5) is 4.79 Å². The summed E-state index contributed by atoms with van der Waals surface area (Å²) in [5.74, 6) is 0. The number of likely N-dealkylation sites (N-methyl/N-ethyl adjacent to an activating group) is 1. The Kier molecular flexibility index (Phi) is 7.63. The Balaban J connectivity index is 1.74. The molecule has 5 nitrogen and oxygen atoms in total. The highest BCUT2D eigenvalue weighted by molar-refractivity contribution is 5.74. The molecule has 1 atom stereocenters. The number of likely N-dealkylation sites (tertiary alicyclic amines) is 1. The molecule has 1 saturated carbocycles. The van der Waals surface area contributed by atoms with Gasteiger partial charge in [-0.2, -0.15) is 0 Å². The zero-order valence-corrected chi connectivity index (χ0v) is 15.4. The van der Waals surface area contributed by atoms with Gasteiger partial charge in [-0.15, -0.1) is 0 Å². The fourth-order valence-electron chi connectivity index (χ4n) is 3.83. The molecule has 2 rings (SSSR count). The summed E-state index contributed by atoms with van der Waals surface area (Å²) in [6.07, 6.45) is 9.71. The molecule has 2 amide bonds. The average molecular weight is 325 g/mol. The van der Waals surface area contributed by atoms with Crippen molar-refractivity contribution in [3.63, 3.8) is 0 Å². The van der Waals surface area contributed by atoms with Gasteiger partial charge in [-0.1, -0.05) is 19.3 Å². The van der Waals surface area contributed by atoms with E-state index in [1.807, 2.05) is 4.90 Å². The van der Waals surface area contributed by atoms with Crippen LogP contribution in [0.3, 0.4) is 0 Å². The van der Waals surface area contributed by atoms with Crippen molar-refractivity contribution in [2.24, 2.45) is 0 Å². The van der Waals surface area contributed by atoms with Crippen molar-refractivity contribution in [2.45, 2.75) is 63.5 Å². The first-order valence-corrected chi connectivity index (χ1v) is 9.46. The summed E-state index contributed by atoms with van der Waals surface area (Å²) in [6.45, 7) is 4.04. The van der Waals surface area contributed by atoms with Crippen molar-refractivity contribution < 1.29 is 4.79 Å². The van der Waals surface area contributed by atoms with Gasteiger partial charge in [0.2, 0.25) is 0 Å². The number of rotatable bonds is 6. The fourth-order valence-corrected chi connectivity index (χ4v) is 3.83. The van der Waals surface area contributed by atoms with Crippen LogP contribution in [0.5, 0.6) is 0 Å². The van der Waals surface area contributed by atoms with Gasteiger partial charge in [0.15, 0.2) is 0 Å². The van der Waals surface area contributed by atoms with Crippen LogP contribution in [0, 0.1) is 0 Å². The van der Waals surface area contributed by atoms with Gasteiger partial charge < -0.3 is 20.0 Å². The number of nitrogens with zero attached hydrogens (tertiary/aromatic N) is 3. The molecule has 0 spiro atoms. The number of carbonyl (C=O) groups excluding carboxylic acids is 1. The van der Waals surface area contributed by atoms with Crippen molar-refractivity contribution in [1.29, 1.82) is 0 Å². The minimum Gasteiger partial charge on any atom is -0.335 e. The number of hydrogen-bond donors (Lipinski definition) is 1. The highest BCUT2D eigenvalue weighted by Crippen LogP contribution is 2.19. The van der Waals surface area contributed by atoms with E-state index >= 15 is 0 Å². The number of carbonyl (C=O) groups is 1. The van der Waals surface area contributed by atoms with E-state index in [9.17, 15) is 4.79 Å². The van der Waals surface area contributed by atoms with Gasteiger partial charge in [0.05, 0.1) is 0 Å². The lowest BCUT2D eigenvalue weighted by molar-refractivity contribution is 0.121. The molecule has 0 aromatic heterocycles. The van der Waals surface area contributed by atoms with E-state index in [2.05, 4.69) is 36.3 Å². The van der Waals surface area contributed by atoms with E-state index < -0.39 is 0 Å². The van der Waals surface area contributed by atoms with Crippen molar-refractivity contribution in [3.8, 4) is 0 Å². The highest BCUT2D eigenvalue weighted by atomic mass is 16.2. The number of amides is 2. The van der Waals surface area contributed by atoms with Gasteiger partial charge in [-0.25, -0.2) is 4.79 Å². The molecular formula is C18H36N4O. The van der Waals surface area contributed by atoms with Gasteiger partial charge in [0, 0.05) is 25.2 Å². The Hall–Kier alpha value is -0.810. The molecule has 5 heteroatoms.